The molecule has 1 heterocycles. The van der Waals surface area contributed by atoms with E-state index in [4.69, 9.17) is 0 Å². The standard InChI is InChI=1S/C15H18INO/c1-3-11-7-5-6-8-12(11)14-10-9-13(16)15(18)17(14)4-2/h5-8,10,13H,3-4,9H2,1-2H3. The fraction of sp³-hybridized carbons (Fsp3) is 0.400. The Hall–Kier alpha value is -0.840. The first-order valence-corrected chi connectivity index (χ1v) is 7.67. The Kier molecular flexibility index (Phi) is 4.43. The van der Waals surface area contributed by atoms with Gasteiger partial charge in [-0.3, -0.25) is 4.79 Å². The molecule has 0 saturated carbocycles. The highest BCUT2D eigenvalue weighted by Gasteiger charge is 2.28. The minimum absolute atomic E-state index is 0.0834. The van der Waals surface area contributed by atoms with Crippen molar-refractivity contribution >= 4 is 34.2 Å². The monoisotopic (exact) mass is 355 g/mol. The topological polar surface area (TPSA) is 20.3 Å². The molecule has 0 aliphatic carbocycles. The van der Waals surface area contributed by atoms with Gasteiger partial charge in [0, 0.05) is 17.8 Å². The van der Waals surface area contributed by atoms with E-state index in [9.17, 15) is 4.79 Å². The smallest absolute Gasteiger partial charge is 0.240 e. The van der Waals surface area contributed by atoms with Gasteiger partial charge in [-0.2, -0.15) is 0 Å². The van der Waals surface area contributed by atoms with E-state index in [0.29, 0.717) is 0 Å². The molecule has 0 N–H and O–H groups in total. The predicted molar refractivity (Wildman–Crippen MR) is 83.6 cm³/mol. The van der Waals surface area contributed by atoms with E-state index in [2.05, 4.69) is 53.8 Å². The number of aryl methyl sites for hydroxylation is 1. The third-order valence-electron chi connectivity index (χ3n) is 3.33. The lowest BCUT2D eigenvalue weighted by Gasteiger charge is -2.31. The van der Waals surface area contributed by atoms with Crippen LogP contribution in [0, 0.1) is 0 Å². The van der Waals surface area contributed by atoms with Crippen molar-refractivity contribution in [1.82, 2.24) is 4.90 Å². The van der Waals surface area contributed by atoms with E-state index >= 15 is 0 Å². The summed E-state index contributed by atoms with van der Waals surface area (Å²) in [4.78, 5) is 14.1. The lowest BCUT2D eigenvalue weighted by molar-refractivity contribution is -0.127. The second kappa shape index (κ2) is 5.87. The zero-order chi connectivity index (χ0) is 13.1. The van der Waals surface area contributed by atoms with Gasteiger partial charge in [0.1, 0.15) is 0 Å². The van der Waals surface area contributed by atoms with Gasteiger partial charge in [0.25, 0.3) is 0 Å². The summed E-state index contributed by atoms with van der Waals surface area (Å²) in [5.41, 5.74) is 3.60. The molecule has 1 amide bonds. The molecule has 0 radical (unpaired) electrons. The van der Waals surface area contributed by atoms with Crippen LogP contribution in [0.15, 0.2) is 30.3 Å². The Labute approximate surface area is 122 Å². The minimum atomic E-state index is 0.0834. The van der Waals surface area contributed by atoms with Gasteiger partial charge in [0.15, 0.2) is 0 Å². The van der Waals surface area contributed by atoms with Crippen molar-refractivity contribution in [2.45, 2.75) is 30.6 Å². The highest BCUT2D eigenvalue weighted by atomic mass is 127. The van der Waals surface area contributed by atoms with Gasteiger partial charge in [-0.25, -0.2) is 0 Å². The van der Waals surface area contributed by atoms with Crippen LogP contribution >= 0.6 is 22.6 Å². The zero-order valence-corrected chi connectivity index (χ0v) is 13.0. The van der Waals surface area contributed by atoms with Gasteiger partial charge < -0.3 is 4.90 Å². The highest BCUT2D eigenvalue weighted by molar-refractivity contribution is 14.1. The average molecular weight is 355 g/mol. The number of carbonyl (C=O) groups is 1. The van der Waals surface area contributed by atoms with Crippen molar-refractivity contribution in [3.63, 3.8) is 0 Å². The Morgan fingerprint density at radius 1 is 1.33 bits per heavy atom. The van der Waals surface area contributed by atoms with Gasteiger partial charge >= 0.3 is 0 Å². The van der Waals surface area contributed by atoms with Crippen LogP contribution in [0.4, 0.5) is 0 Å². The van der Waals surface area contributed by atoms with Gasteiger partial charge in [-0.1, -0.05) is 59.9 Å². The quantitative estimate of drug-likeness (QED) is 0.599. The van der Waals surface area contributed by atoms with Crippen LogP contribution in [0.1, 0.15) is 31.4 Å². The van der Waals surface area contributed by atoms with Crippen LogP contribution in [0.3, 0.4) is 0 Å². The number of amides is 1. The molecule has 1 atom stereocenters. The van der Waals surface area contributed by atoms with Crippen molar-refractivity contribution in [3.8, 4) is 0 Å². The molecule has 1 aliphatic heterocycles. The molecule has 2 rings (SSSR count). The number of halogens is 1. The second-order valence-corrected chi connectivity index (χ2v) is 5.89. The van der Waals surface area contributed by atoms with E-state index in [1.165, 1.54) is 11.1 Å². The maximum atomic E-state index is 12.2. The summed E-state index contributed by atoms with van der Waals surface area (Å²) >= 11 is 2.23. The van der Waals surface area contributed by atoms with Gasteiger partial charge in [-0.05, 0) is 25.3 Å². The Morgan fingerprint density at radius 2 is 2.06 bits per heavy atom. The lowest BCUT2D eigenvalue weighted by Crippen LogP contribution is -2.38. The molecule has 1 aromatic rings. The molecule has 0 aromatic heterocycles. The Balaban J connectivity index is 2.45. The summed E-state index contributed by atoms with van der Waals surface area (Å²) in [7, 11) is 0. The number of rotatable bonds is 3. The van der Waals surface area contributed by atoms with Gasteiger partial charge in [0.05, 0.1) is 3.92 Å². The van der Waals surface area contributed by atoms with Crippen LogP contribution < -0.4 is 0 Å². The highest BCUT2D eigenvalue weighted by Crippen LogP contribution is 2.30. The molecule has 0 fully saturated rings. The van der Waals surface area contributed by atoms with Crippen LogP contribution in [0.25, 0.3) is 5.70 Å². The first kappa shape index (κ1) is 13.6. The zero-order valence-electron chi connectivity index (χ0n) is 10.8. The molecular weight excluding hydrogens is 337 g/mol. The summed E-state index contributed by atoms with van der Waals surface area (Å²) in [6.45, 7) is 4.93. The molecule has 0 spiro atoms. The largest absolute Gasteiger partial charge is 0.311 e. The molecule has 1 aliphatic rings. The van der Waals surface area contributed by atoms with E-state index in [-0.39, 0.29) is 9.83 Å². The number of nitrogens with zero attached hydrogens (tertiary/aromatic N) is 1. The van der Waals surface area contributed by atoms with E-state index in [1.54, 1.807) is 0 Å². The van der Waals surface area contributed by atoms with Crippen molar-refractivity contribution < 1.29 is 4.79 Å². The number of alkyl halides is 1. The van der Waals surface area contributed by atoms with Crippen molar-refractivity contribution in [1.29, 1.82) is 0 Å². The normalized spacial score (nSPS) is 19.9. The molecule has 0 saturated heterocycles. The molecule has 0 bridgehead atoms. The van der Waals surface area contributed by atoms with Crippen LogP contribution in [0.2, 0.25) is 0 Å². The summed E-state index contributed by atoms with van der Waals surface area (Å²) in [6.07, 6.45) is 4.03. The SMILES string of the molecule is CCc1ccccc1C1=CCC(I)C(=O)N1CC. The molecule has 96 valence electrons. The molecule has 1 unspecified atom stereocenters. The molecule has 3 heteroatoms. The van der Waals surface area contributed by atoms with E-state index < -0.39 is 0 Å². The van der Waals surface area contributed by atoms with Gasteiger partial charge in [-0.15, -0.1) is 0 Å². The third-order valence-corrected chi connectivity index (χ3v) is 4.37. The third kappa shape index (κ3) is 2.46. The summed E-state index contributed by atoms with van der Waals surface area (Å²) < 4.78 is 0.0834. The first-order chi connectivity index (χ1) is 8.69. The van der Waals surface area contributed by atoms with Crippen molar-refractivity contribution in [2.75, 3.05) is 6.54 Å². The van der Waals surface area contributed by atoms with Crippen molar-refractivity contribution in [3.05, 3.63) is 41.5 Å². The van der Waals surface area contributed by atoms with Crippen molar-refractivity contribution in [2.24, 2.45) is 0 Å². The second-order valence-electron chi connectivity index (χ2n) is 4.39. The maximum Gasteiger partial charge on any atom is 0.240 e. The van der Waals surface area contributed by atoms with E-state index in [1.807, 2.05) is 17.9 Å². The van der Waals surface area contributed by atoms with Gasteiger partial charge in [0.2, 0.25) is 5.91 Å². The Bertz CT molecular complexity index is 481. The fourth-order valence-electron chi connectivity index (χ4n) is 2.37. The lowest BCUT2D eigenvalue weighted by atomic mass is 9.98. The number of benzene rings is 1. The number of hydrogen-bond acceptors (Lipinski definition) is 1. The predicted octanol–water partition coefficient (Wildman–Crippen LogP) is 3.65. The van der Waals surface area contributed by atoms with Crippen LogP contribution in [-0.2, 0) is 11.2 Å². The molecule has 2 nitrogen and oxygen atoms in total. The number of allylic oxidation sites excluding steroid dienone is 1. The Morgan fingerprint density at radius 3 is 2.72 bits per heavy atom. The fourth-order valence-corrected chi connectivity index (χ4v) is 2.96. The summed E-state index contributed by atoms with van der Waals surface area (Å²) in [6, 6.07) is 8.37. The summed E-state index contributed by atoms with van der Waals surface area (Å²) in [5.74, 6) is 0.238. The average Bonchev–Trinajstić information content (AvgIpc) is 2.41. The molecule has 18 heavy (non-hydrogen) atoms. The number of hydrogen-bond donors (Lipinski definition) is 0. The minimum Gasteiger partial charge on any atom is -0.311 e. The molecule has 1 aromatic carbocycles. The van der Waals surface area contributed by atoms with E-state index in [0.717, 1.165) is 25.1 Å². The molecular formula is C15H18INO. The van der Waals surface area contributed by atoms with Crippen LogP contribution in [-0.4, -0.2) is 21.3 Å². The van der Waals surface area contributed by atoms with Crippen LogP contribution in [0.5, 0.6) is 0 Å². The number of carbonyl (C=O) groups excluding carboxylic acids is 1. The summed E-state index contributed by atoms with van der Waals surface area (Å²) in [5, 5.41) is 0. The first-order valence-electron chi connectivity index (χ1n) is 6.42. The maximum absolute atomic E-state index is 12.2.